The van der Waals surface area contributed by atoms with Gasteiger partial charge in [0.25, 0.3) is 5.91 Å². The first-order valence-electron chi connectivity index (χ1n) is 11.3. The fourth-order valence-electron chi connectivity index (χ4n) is 4.65. The molecule has 0 fully saturated rings. The number of hydrogen-bond donors (Lipinski definition) is 3. The molecule has 1 amide bonds. The number of aromatic hydroxyl groups is 1. The SMILES string of the molecule is CC(C)(C[C@@](O)(CNC(=O)c1ccc2c(c1)C(=O)OC2)Cc1cccc(O)c1)c1ccccc1. The maximum Gasteiger partial charge on any atom is 0.338 e. The topological polar surface area (TPSA) is 95.9 Å². The second-order valence-electron chi connectivity index (χ2n) is 9.63. The number of phenolic OH excluding ortho intramolecular Hbond substituents is 1. The summed E-state index contributed by atoms with van der Waals surface area (Å²) in [6.07, 6.45) is 0.616. The molecule has 176 valence electrons. The fraction of sp³-hybridized carbons (Fsp3) is 0.286. The Labute approximate surface area is 199 Å². The third kappa shape index (κ3) is 5.29. The summed E-state index contributed by atoms with van der Waals surface area (Å²) in [5, 5.41) is 24.5. The van der Waals surface area contributed by atoms with E-state index in [0.29, 0.717) is 17.5 Å². The minimum atomic E-state index is -1.29. The van der Waals surface area contributed by atoms with Crippen LogP contribution in [0.5, 0.6) is 5.75 Å². The number of ether oxygens (including phenoxy) is 1. The van der Waals surface area contributed by atoms with Crippen molar-refractivity contribution in [2.24, 2.45) is 0 Å². The average molecular weight is 460 g/mol. The molecule has 0 radical (unpaired) electrons. The third-order valence-corrected chi connectivity index (χ3v) is 6.30. The zero-order valence-corrected chi connectivity index (χ0v) is 19.4. The van der Waals surface area contributed by atoms with Crippen molar-refractivity contribution >= 4 is 11.9 Å². The van der Waals surface area contributed by atoms with E-state index >= 15 is 0 Å². The van der Waals surface area contributed by atoms with Gasteiger partial charge in [-0.25, -0.2) is 4.79 Å². The van der Waals surface area contributed by atoms with E-state index in [1.54, 1.807) is 30.3 Å². The van der Waals surface area contributed by atoms with Crippen LogP contribution in [-0.4, -0.2) is 34.2 Å². The number of aliphatic hydroxyl groups is 1. The van der Waals surface area contributed by atoms with E-state index in [9.17, 15) is 19.8 Å². The number of phenols is 1. The summed E-state index contributed by atoms with van der Waals surface area (Å²) in [6.45, 7) is 4.33. The van der Waals surface area contributed by atoms with Crippen LogP contribution in [0, 0.1) is 0 Å². The van der Waals surface area contributed by atoms with Crippen LogP contribution in [0.15, 0.2) is 72.8 Å². The summed E-state index contributed by atoms with van der Waals surface area (Å²) >= 11 is 0. The van der Waals surface area contributed by atoms with Gasteiger partial charge in [0, 0.05) is 24.1 Å². The van der Waals surface area contributed by atoms with E-state index in [1.807, 2.05) is 36.4 Å². The van der Waals surface area contributed by atoms with Crippen LogP contribution in [0.1, 0.15) is 57.7 Å². The highest BCUT2D eigenvalue weighted by Crippen LogP contribution is 2.34. The largest absolute Gasteiger partial charge is 0.508 e. The number of amides is 1. The maximum atomic E-state index is 12.9. The molecule has 1 aliphatic rings. The van der Waals surface area contributed by atoms with Gasteiger partial charge in [0.15, 0.2) is 0 Å². The Bertz CT molecular complexity index is 1200. The number of fused-ring (bicyclic) bond motifs is 1. The Hall–Kier alpha value is -3.64. The molecule has 0 saturated carbocycles. The van der Waals surface area contributed by atoms with Crippen LogP contribution >= 0.6 is 0 Å². The molecule has 6 heteroatoms. The number of carbonyl (C=O) groups excluding carboxylic acids is 2. The lowest BCUT2D eigenvalue weighted by Gasteiger charge is -2.37. The Morgan fingerprint density at radius 3 is 2.53 bits per heavy atom. The third-order valence-electron chi connectivity index (χ3n) is 6.30. The molecule has 0 unspecified atom stereocenters. The number of hydrogen-bond acceptors (Lipinski definition) is 5. The lowest BCUT2D eigenvalue weighted by Crippen LogP contribution is -2.48. The molecule has 1 heterocycles. The van der Waals surface area contributed by atoms with E-state index in [0.717, 1.165) is 16.7 Å². The van der Waals surface area contributed by atoms with Crippen molar-refractivity contribution in [2.75, 3.05) is 6.54 Å². The highest BCUT2D eigenvalue weighted by Gasteiger charge is 2.36. The number of benzene rings is 3. The van der Waals surface area contributed by atoms with Crippen LogP contribution in [0.3, 0.4) is 0 Å². The number of esters is 1. The summed E-state index contributed by atoms with van der Waals surface area (Å²) in [5.41, 5.74) is 1.65. The summed E-state index contributed by atoms with van der Waals surface area (Å²) < 4.78 is 5.01. The van der Waals surface area contributed by atoms with Gasteiger partial charge >= 0.3 is 5.97 Å². The van der Waals surface area contributed by atoms with Crippen molar-refractivity contribution in [1.29, 1.82) is 0 Å². The van der Waals surface area contributed by atoms with Gasteiger partial charge in [-0.2, -0.15) is 0 Å². The van der Waals surface area contributed by atoms with Crippen molar-refractivity contribution in [2.45, 2.75) is 44.3 Å². The fourth-order valence-corrected chi connectivity index (χ4v) is 4.65. The van der Waals surface area contributed by atoms with Crippen LogP contribution < -0.4 is 5.32 Å². The molecule has 0 spiro atoms. The van der Waals surface area contributed by atoms with Crippen molar-refractivity contribution in [3.8, 4) is 5.75 Å². The normalized spacial score (nSPS) is 14.7. The Kier molecular flexibility index (Phi) is 6.44. The summed E-state index contributed by atoms with van der Waals surface area (Å²) in [6, 6.07) is 21.6. The molecule has 0 aliphatic carbocycles. The van der Waals surface area contributed by atoms with Crippen LogP contribution in [0.2, 0.25) is 0 Å². The van der Waals surface area contributed by atoms with Gasteiger partial charge < -0.3 is 20.3 Å². The second kappa shape index (κ2) is 9.31. The molecule has 0 bridgehead atoms. The van der Waals surface area contributed by atoms with Crippen LogP contribution in [0.4, 0.5) is 0 Å². The number of cyclic esters (lactones) is 1. The van der Waals surface area contributed by atoms with Gasteiger partial charge in [-0.05, 0) is 47.2 Å². The van der Waals surface area contributed by atoms with Crippen molar-refractivity contribution in [1.82, 2.24) is 5.32 Å². The van der Waals surface area contributed by atoms with E-state index in [1.165, 1.54) is 6.07 Å². The molecular weight excluding hydrogens is 430 g/mol. The standard InChI is InChI=1S/C28H29NO5/c1-27(2,22-8-4-3-5-9-22)17-28(33,15-19-7-6-10-23(30)13-19)18-29-25(31)20-11-12-21-16-34-26(32)24(21)14-20/h3-14,30,33H,15-18H2,1-2H3,(H,29,31)/t28-/m1/s1. The number of carbonyl (C=O) groups is 2. The van der Waals surface area contributed by atoms with Gasteiger partial charge in [0.2, 0.25) is 0 Å². The molecule has 4 rings (SSSR count). The zero-order chi connectivity index (χ0) is 24.3. The van der Waals surface area contributed by atoms with Crippen LogP contribution in [-0.2, 0) is 23.2 Å². The smallest absolute Gasteiger partial charge is 0.338 e. The molecule has 6 nitrogen and oxygen atoms in total. The van der Waals surface area contributed by atoms with E-state index in [4.69, 9.17) is 4.74 Å². The Balaban J connectivity index is 1.56. The van der Waals surface area contributed by atoms with Gasteiger partial charge in [-0.3, -0.25) is 4.79 Å². The molecule has 0 aromatic heterocycles. The molecule has 1 aliphatic heterocycles. The first-order chi connectivity index (χ1) is 16.2. The maximum absolute atomic E-state index is 12.9. The van der Waals surface area contributed by atoms with Crippen molar-refractivity contribution in [3.05, 3.63) is 101 Å². The number of nitrogens with one attached hydrogen (secondary N) is 1. The lowest BCUT2D eigenvalue weighted by molar-refractivity contribution is 0.0136. The summed E-state index contributed by atoms with van der Waals surface area (Å²) in [7, 11) is 0. The van der Waals surface area contributed by atoms with Crippen LogP contribution in [0.25, 0.3) is 0 Å². The molecular formula is C28H29NO5. The molecule has 0 saturated heterocycles. The summed E-state index contributed by atoms with van der Waals surface area (Å²) in [5.74, 6) is -0.694. The van der Waals surface area contributed by atoms with Gasteiger partial charge in [0.1, 0.15) is 12.4 Å². The van der Waals surface area contributed by atoms with E-state index in [2.05, 4.69) is 19.2 Å². The first kappa shape index (κ1) is 23.5. The Morgan fingerprint density at radius 2 is 1.79 bits per heavy atom. The zero-order valence-electron chi connectivity index (χ0n) is 19.4. The molecule has 3 N–H and O–H groups in total. The highest BCUT2D eigenvalue weighted by atomic mass is 16.5. The summed E-state index contributed by atoms with van der Waals surface area (Å²) in [4.78, 5) is 24.8. The predicted molar refractivity (Wildman–Crippen MR) is 129 cm³/mol. The molecule has 1 atom stereocenters. The van der Waals surface area contributed by atoms with Crippen molar-refractivity contribution in [3.63, 3.8) is 0 Å². The minimum Gasteiger partial charge on any atom is -0.508 e. The van der Waals surface area contributed by atoms with E-state index < -0.39 is 11.6 Å². The minimum absolute atomic E-state index is 0.000710. The van der Waals surface area contributed by atoms with Gasteiger partial charge in [0.05, 0.1) is 11.2 Å². The quantitative estimate of drug-likeness (QED) is 0.440. The van der Waals surface area contributed by atoms with Gasteiger partial charge in [-0.15, -0.1) is 0 Å². The molecule has 3 aromatic rings. The molecule has 34 heavy (non-hydrogen) atoms. The first-order valence-corrected chi connectivity index (χ1v) is 11.3. The monoisotopic (exact) mass is 459 g/mol. The average Bonchev–Trinajstić information content (AvgIpc) is 3.18. The van der Waals surface area contributed by atoms with Gasteiger partial charge in [-0.1, -0.05) is 62.4 Å². The predicted octanol–water partition coefficient (Wildman–Crippen LogP) is 4.13. The highest BCUT2D eigenvalue weighted by molar-refractivity contribution is 5.99. The number of rotatable bonds is 8. The van der Waals surface area contributed by atoms with Crippen molar-refractivity contribution < 1.29 is 24.5 Å². The lowest BCUT2D eigenvalue weighted by atomic mass is 9.73. The van der Waals surface area contributed by atoms with E-state index in [-0.39, 0.29) is 36.6 Å². The Morgan fingerprint density at radius 1 is 1.03 bits per heavy atom. The molecule has 3 aromatic carbocycles. The second-order valence-corrected chi connectivity index (χ2v) is 9.63.